The van der Waals surface area contributed by atoms with Crippen LogP contribution in [-0.4, -0.2) is 18.1 Å². The molecule has 0 saturated heterocycles. The number of amides is 1. The third-order valence-electron chi connectivity index (χ3n) is 5.23. The molecule has 1 aliphatic rings. The second-order valence-electron chi connectivity index (χ2n) is 7.20. The van der Waals surface area contributed by atoms with Crippen LogP contribution < -0.4 is 5.32 Å². The molecule has 0 radical (unpaired) electrons. The van der Waals surface area contributed by atoms with E-state index in [9.17, 15) is 18.0 Å². The zero-order valence-corrected chi connectivity index (χ0v) is 17.1. The van der Waals surface area contributed by atoms with Gasteiger partial charge in [0, 0.05) is 22.7 Å². The first-order valence-corrected chi connectivity index (χ1v) is 11.3. The van der Waals surface area contributed by atoms with E-state index in [0.717, 1.165) is 15.2 Å². The molecule has 2 heterocycles. The van der Waals surface area contributed by atoms with Crippen molar-refractivity contribution in [2.45, 2.75) is 47.9 Å². The highest BCUT2D eigenvalue weighted by molar-refractivity contribution is 8.00. The number of furan rings is 1. The third kappa shape index (κ3) is 4.64. The fraction of sp³-hybridized carbons (Fsp3) is 0.381. The van der Waals surface area contributed by atoms with Crippen LogP contribution >= 0.6 is 23.1 Å². The molecule has 1 aliphatic carbocycles. The van der Waals surface area contributed by atoms with Gasteiger partial charge in [-0.3, -0.25) is 4.79 Å². The highest BCUT2D eigenvalue weighted by Crippen LogP contribution is 2.38. The molecular weight excluding hydrogens is 419 g/mol. The molecule has 0 spiro atoms. The second kappa shape index (κ2) is 8.44. The molecule has 1 amide bonds. The Labute approximate surface area is 174 Å². The average Bonchev–Trinajstić information content (AvgIpc) is 3.33. The number of benzene rings is 1. The highest BCUT2D eigenvalue weighted by Gasteiger charge is 2.42. The zero-order chi connectivity index (χ0) is 20.4. The van der Waals surface area contributed by atoms with Crippen molar-refractivity contribution in [2.75, 3.05) is 0 Å². The molecule has 2 atom stereocenters. The first kappa shape index (κ1) is 20.3. The number of thiophene rings is 1. The van der Waals surface area contributed by atoms with Crippen LogP contribution in [0.2, 0.25) is 0 Å². The Morgan fingerprint density at radius 2 is 2.03 bits per heavy atom. The van der Waals surface area contributed by atoms with Crippen molar-refractivity contribution in [1.82, 2.24) is 5.32 Å². The number of hydrogen-bond acceptors (Lipinski definition) is 4. The molecular formula is C21H20F3NO2S2. The Morgan fingerprint density at radius 1 is 1.21 bits per heavy atom. The van der Waals surface area contributed by atoms with Gasteiger partial charge in [-0.1, -0.05) is 30.7 Å². The van der Waals surface area contributed by atoms with Crippen LogP contribution in [-0.2, 0) is 5.75 Å². The number of thioether (sulfide) groups is 1. The number of carbonyl (C=O) groups is 1. The van der Waals surface area contributed by atoms with Gasteiger partial charge < -0.3 is 9.73 Å². The van der Waals surface area contributed by atoms with Crippen molar-refractivity contribution in [1.29, 1.82) is 0 Å². The van der Waals surface area contributed by atoms with Crippen molar-refractivity contribution in [3.8, 4) is 0 Å². The lowest BCUT2D eigenvalue weighted by molar-refractivity contribution is -0.183. The molecule has 2 unspecified atom stereocenters. The number of rotatable bonds is 5. The summed E-state index contributed by atoms with van der Waals surface area (Å²) in [5.41, 5.74) is 1.39. The van der Waals surface area contributed by atoms with Gasteiger partial charge in [0.05, 0.1) is 10.1 Å². The Hall–Kier alpha value is -1.93. The van der Waals surface area contributed by atoms with Crippen LogP contribution in [0.25, 0.3) is 11.0 Å². The third-order valence-corrected chi connectivity index (χ3v) is 7.39. The van der Waals surface area contributed by atoms with E-state index in [1.54, 1.807) is 29.2 Å². The van der Waals surface area contributed by atoms with E-state index >= 15 is 0 Å². The summed E-state index contributed by atoms with van der Waals surface area (Å²) in [4.78, 5) is 12.9. The molecule has 8 heteroatoms. The van der Waals surface area contributed by atoms with Gasteiger partial charge >= 0.3 is 6.18 Å². The van der Waals surface area contributed by atoms with Crippen molar-refractivity contribution in [3.05, 3.63) is 53.1 Å². The van der Waals surface area contributed by atoms with Crippen LogP contribution in [0, 0.1) is 5.92 Å². The molecule has 1 aromatic carbocycles. The monoisotopic (exact) mass is 439 g/mol. The van der Waals surface area contributed by atoms with Gasteiger partial charge in [-0.05, 0) is 36.8 Å². The first-order valence-electron chi connectivity index (χ1n) is 9.46. The number of fused-ring (bicyclic) bond motifs is 1. The van der Waals surface area contributed by atoms with Gasteiger partial charge in [0.15, 0.2) is 5.76 Å². The summed E-state index contributed by atoms with van der Waals surface area (Å²) in [6.07, 6.45) is -3.16. The summed E-state index contributed by atoms with van der Waals surface area (Å²) in [7, 11) is 0. The topological polar surface area (TPSA) is 42.2 Å². The summed E-state index contributed by atoms with van der Waals surface area (Å²) < 4.78 is 46.2. The molecule has 3 aromatic rings. The van der Waals surface area contributed by atoms with Crippen LogP contribution in [0.3, 0.4) is 0 Å². The smallest absolute Gasteiger partial charge is 0.391 e. The van der Waals surface area contributed by atoms with Gasteiger partial charge in [0.25, 0.3) is 5.91 Å². The van der Waals surface area contributed by atoms with Gasteiger partial charge in [0.1, 0.15) is 5.58 Å². The van der Waals surface area contributed by atoms with Crippen LogP contribution in [0.4, 0.5) is 13.2 Å². The number of nitrogens with one attached hydrogen (secondary N) is 1. The summed E-state index contributed by atoms with van der Waals surface area (Å²) in [6.45, 7) is 0. The second-order valence-corrected chi connectivity index (χ2v) is 9.43. The lowest BCUT2D eigenvalue weighted by Crippen LogP contribution is -2.41. The number of hydrogen-bond donors (Lipinski definition) is 1. The molecule has 0 bridgehead atoms. The average molecular weight is 440 g/mol. The molecule has 4 rings (SSSR count). The number of halogens is 3. The van der Waals surface area contributed by atoms with E-state index in [1.807, 2.05) is 35.7 Å². The van der Waals surface area contributed by atoms with Crippen LogP contribution in [0.15, 0.2) is 50.4 Å². The summed E-state index contributed by atoms with van der Waals surface area (Å²) in [5, 5.41) is 5.64. The van der Waals surface area contributed by atoms with E-state index in [-0.39, 0.29) is 18.6 Å². The van der Waals surface area contributed by atoms with Gasteiger partial charge in [-0.2, -0.15) is 13.2 Å². The lowest BCUT2D eigenvalue weighted by atomic mass is 9.85. The minimum Gasteiger partial charge on any atom is -0.451 e. The Balaban J connectivity index is 1.54. The molecule has 154 valence electrons. The van der Waals surface area contributed by atoms with Crippen LogP contribution in [0.5, 0.6) is 0 Å². The van der Waals surface area contributed by atoms with Crippen LogP contribution in [0.1, 0.15) is 41.8 Å². The van der Waals surface area contributed by atoms with Gasteiger partial charge in [-0.25, -0.2) is 0 Å². The largest absolute Gasteiger partial charge is 0.451 e. The van der Waals surface area contributed by atoms with E-state index in [4.69, 9.17) is 4.42 Å². The quantitative estimate of drug-likeness (QED) is 0.453. The Kier molecular flexibility index (Phi) is 5.92. The number of para-hydroxylation sites is 1. The summed E-state index contributed by atoms with van der Waals surface area (Å²) in [6, 6.07) is 10.9. The lowest BCUT2D eigenvalue weighted by Gasteiger charge is -2.30. The fourth-order valence-corrected chi connectivity index (χ4v) is 5.60. The maximum atomic E-state index is 13.1. The summed E-state index contributed by atoms with van der Waals surface area (Å²) in [5.74, 6) is -1.04. The predicted octanol–water partition coefficient (Wildman–Crippen LogP) is 6.64. The molecule has 29 heavy (non-hydrogen) atoms. The van der Waals surface area contributed by atoms with E-state index in [2.05, 4.69) is 5.32 Å². The normalized spacial score (nSPS) is 20.1. The minimum atomic E-state index is -4.22. The first-order chi connectivity index (χ1) is 13.9. The molecule has 1 saturated carbocycles. The number of alkyl halides is 3. The molecule has 3 nitrogen and oxygen atoms in total. The fourth-order valence-electron chi connectivity index (χ4n) is 3.78. The van der Waals surface area contributed by atoms with Gasteiger partial charge in [-0.15, -0.1) is 23.1 Å². The highest BCUT2D eigenvalue weighted by atomic mass is 32.2. The molecule has 1 fully saturated rings. The minimum absolute atomic E-state index is 0.0747. The Morgan fingerprint density at radius 3 is 2.79 bits per heavy atom. The van der Waals surface area contributed by atoms with E-state index in [0.29, 0.717) is 24.2 Å². The standard InChI is InChI=1S/C21H20F3NO2S2/c22-21(23,24)13-5-3-6-14(11-13)25-20(26)19-16(12-29-18-9-4-10-28-18)15-7-1-2-8-17(15)27-19/h1-2,4,7-10,13-14H,3,5-6,11-12H2,(H,25,26). The van der Waals surface area contributed by atoms with Gasteiger partial charge in [0.2, 0.25) is 0 Å². The van der Waals surface area contributed by atoms with E-state index < -0.39 is 24.0 Å². The Bertz CT molecular complexity index is 982. The summed E-state index contributed by atoms with van der Waals surface area (Å²) >= 11 is 3.23. The zero-order valence-electron chi connectivity index (χ0n) is 15.5. The van der Waals surface area contributed by atoms with Crippen molar-refractivity contribution in [2.24, 2.45) is 5.92 Å². The van der Waals surface area contributed by atoms with E-state index in [1.165, 1.54) is 0 Å². The SMILES string of the molecule is O=C(NC1CCCC(C(F)(F)F)C1)c1oc2ccccc2c1CSc1cccs1. The predicted molar refractivity (Wildman–Crippen MR) is 109 cm³/mol. The number of carbonyl (C=O) groups excluding carboxylic acids is 1. The molecule has 2 aromatic heterocycles. The molecule has 1 N–H and O–H groups in total. The maximum Gasteiger partial charge on any atom is 0.391 e. The van der Waals surface area contributed by atoms with Crippen molar-refractivity contribution < 1.29 is 22.4 Å². The van der Waals surface area contributed by atoms with Crippen molar-refractivity contribution >= 4 is 40.0 Å². The maximum absolute atomic E-state index is 13.1. The molecule has 0 aliphatic heterocycles. The van der Waals surface area contributed by atoms with Crippen molar-refractivity contribution in [3.63, 3.8) is 0 Å².